The minimum Gasteiger partial charge on any atom is -0.444 e. The van der Waals surface area contributed by atoms with Gasteiger partial charge in [-0.25, -0.2) is 22.4 Å². The van der Waals surface area contributed by atoms with Gasteiger partial charge in [-0.3, -0.25) is 28.8 Å². The number of nitrogens with one attached hydrogen (secondary N) is 3. The summed E-state index contributed by atoms with van der Waals surface area (Å²) in [4.78, 5) is 85.6. The number of amides is 6. The summed E-state index contributed by atoms with van der Waals surface area (Å²) in [5, 5.41) is 4.61. The highest BCUT2D eigenvalue weighted by Crippen LogP contribution is 2.46. The third-order valence-corrected chi connectivity index (χ3v) is 12.2. The first-order valence-corrected chi connectivity index (χ1v) is 19.9. The lowest BCUT2D eigenvalue weighted by molar-refractivity contribution is -0.141. The molecule has 5 atom stereocenters. The van der Waals surface area contributed by atoms with Crippen LogP contribution in [0.2, 0.25) is 0 Å². The summed E-state index contributed by atoms with van der Waals surface area (Å²) in [6, 6.07) is 1.96. The molecular weight excluding hydrogens is 740 g/mol. The Kier molecular flexibility index (Phi) is 11.0. The van der Waals surface area contributed by atoms with Gasteiger partial charge in [0.25, 0.3) is 5.91 Å². The van der Waals surface area contributed by atoms with Crippen molar-refractivity contribution in [1.29, 1.82) is 0 Å². The van der Waals surface area contributed by atoms with Crippen LogP contribution in [0.4, 0.5) is 14.0 Å². The zero-order valence-electron chi connectivity index (χ0n) is 31.0. The number of sulfonamides is 1. The number of nitrogens with zero attached hydrogens (tertiary/aromatic N) is 3. The Morgan fingerprint density at radius 3 is 2.51 bits per heavy atom. The van der Waals surface area contributed by atoms with Crippen molar-refractivity contribution in [1.82, 2.24) is 30.1 Å². The number of benzene rings is 1. The maximum Gasteiger partial charge on any atom is 0.410 e. The highest BCUT2D eigenvalue weighted by Gasteiger charge is 2.62. The van der Waals surface area contributed by atoms with E-state index in [-0.39, 0.29) is 58.4 Å². The number of fused-ring (bicyclic) bond motifs is 3. The lowest BCUT2D eigenvalue weighted by atomic mass is 10.1. The molecule has 3 aliphatic heterocycles. The van der Waals surface area contributed by atoms with E-state index in [1.54, 1.807) is 45.1 Å². The van der Waals surface area contributed by atoms with Gasteiger partial charge in [-0.2, -0.15) is 0 Å². The maximum absolute atomic E-state index is 14.5. The number of hydrogen-bond acceptors (Lipinski definition) is 10. The first-order chi connectivity index (χ1) is 25.9. The molecule has 5 aliphatic rings. The monoisotopic (exact) mass is 786 g/mol. The largest absolute Gasteiger partial charge is 0.444 e. The van der Waals surface area contributed by atoms with Gasteiger partial charge < -0.3 is 29.9 Å². The fraction of sp³-hybridized carbons (Fsp3) is 0.568. The summed E-state index contributed by atoms with van der Waals surface area (Å²) in [6.07, 6.45) is 2.57. The molecule has 0 spiro atoms. The lowest BCUT2D eigenvalue weighted by Gasteiger charge is -2.30. The molecule has 1 aromatic carbocycles. The zero-order valence-corrected chi connectivity index (χ0v) is 31.9. The molecular formula is C37H47FN6O10S. The highest BCUT2D eigenvalue weighted by atomic mass is 32.2. The lowest BCUT2D eigenvalue weighted by Crippen LogP contribution is -2.58. The number of halogens is 1. The number of carbonyl (C=O) groups is 6. The van der Waals surface area contributed by atoms with Gasteiger partial charge in [0.05, 0.1) is 18.3 Å². The van der Waals surface area contributed by atoms with Crippen molar-refractivity contribution in [2.24, 2.45) is 5.92 Å². The molecule has 6 rings (SSSR count). The van der Waals surface area contributed by atoms with Crippen LogP contribution in [0.3, 0.4) is 0 Å². The normalized spacial score (nSPS) is 27.6. The molecule has 18 heteroatoms. The quantitative estimate of drug-likeness (QED) is 0.283. The second-order valence-corrected chi connectivity index (χ2v) is 17.6. The Balaban J connectivity index is 1.29. The average Bonchev–Trinajstić information content (AvgIpc) is 3.99. The third kappa shape index (κ3) is 8.95. The highest BCUT2D eigenvalue weighted by molar-refractivity contribution is 7.91. The van der Waals surface area contributed by atoms with Gasteiger partial charge in [0.2, 0.25) is 27.7 Å². The van der Waals surface area contributed by atoms with Crippen LogP contribution in [0, 0.1) is 11.7 Å². The molecule has 6 amide bonds. The van der Waals surface area contributed by atoms with E-state index in [0.29, 0.717) is 24.0 Å². The molecule has 1 aromatic rings. The van der Waals surface area contributed by atoms with E-state index in [1.165, 1.54) is 20.8 Å². The van der Waals surface area contributed by atoms with E-state index in [0.717, 1.165) is 6.08 Å². The second-order valence-electron chi connectivity index (χ2n) is 15.7. The molecule has 16 nitrogen and oxygen atoms in total. The molecule has 2 aliphatic carbocycles. The molecule has 55 heavy (non-hydrogen) atoms. The van der Waals surface area contributed by atoms with Crippen LogP contribution in [-0.4, -0.2) is 113 Å². The fourth-order valence-electron chi connectivity index (χ4n) is 7.24. The minimum atomic E-state index is -4.01. The maximum atomic E-state index is 14.5. The van der Waals surface area contributed by atoms with Gasteiger partial charge in [-0.05, 0) is 70.6 Å². The molecule has 0 radical (unpaired) electrons. The fourth-order valence-corrected chi connectivity index (χ4v) is 8.60. The van der Waals surface area contributed by atoms with Crippen LogP contribution in [0.1, 0.15) is 70.4 Å². The van der Waals surface area contributed by atoms with Crippen LogP contribution in [0.5, 0.6) is 0 Å². The molecule has 3 N–H and O–H groups in total. The Morgan fingerprint density at radius 1 is 1.09 bits per heavy atom. The van der Waals surface area contributed by atoms with E-state index in [4.69, 9.17) is 9.47 Å². The standard InChI is InChI=1S/C37H47FN6O10S/c1-5-30(45)42-15-7-10-23-18-37(23,33(48)41-55(51,52)25-13-14-25)40-31(46)29-17-24(53-35(50)43-19-22-9-6-11-27(38)26(22)21-43)20-44(29)32(47)28(12-8-16-42)39-34(49)54-36(2,3)4/h5-7,9-11,23-25,28-29H,1,8,12-21H2,2-4H3,(H,39,49)(H,40,46)(H,41,48)/b10-7-/t23?,24-,28+,29+,37-/m1/s1. The van der Waals surface area contributed by atoms with Crippen LogP contribution >= 0.6 is 0 Å². The van der Waals surface area contributed by atoms with Crippen LogP contribution in [0.15, 0.2) is 43.0 Å². The van der Waals surface area contributed by atoms with E-state index in [9.17, 15) is 41.6 Å². The minimum absolute atomic E-state index is 0.0175. The summed E-state index contributed by atoms with van der Waals surface area (Å²) < 4.78 is 53.5. The van der Waals surface area contributed by atoms with Gasteiger partial charge in [-0.1, -0.05) is 30.9 Å². The van der Waals surface area contributed by atoms with Crippen molar-refractivity contribution in [2.45, 2.75) is 107 Å². The number of hydrogen-bond donors (Lipinski definition) is 3. The van der Waals surface area contributed by atoms with Crippen molar-refractivity contribution < 1.29 is 51.0 Å². The summed E-state index contributed by atoms with van der Waals surface area (Å²) >= 11 is 0. The molecule has 1 unspecified atom stereocenters. The zero-order chi connectivity index (χ0) is 39.9. The number of alkyl carbamates (subject to hydrolysis) is 1. The molecule has 0 bridgehead atoms. The molecule has 2 saturated carbocycles. The van der Waals surface area contributed by atoms with Crippen molar-refractivity contribution in [3.63, 3.8) is 0 Å². The van der Waals surface area contributed by atoms with Gasteiger partial charge >= 0.3 is 12.2 Å². The molecule has 298 valence electrons. The molecule has 0 aromatic heterocycles. The summed E-state index contributed by atoms with van der Waals surface area (Å²) in [5.74, 6) is -3.97. The van der Waals surface area contributed by atoms with E-state index in [2.05, 4.69) is 21.9 Å². The Bertz CT molecular complexity index is 1910. The van der Waals surface area contributed by atoms with Crippen molar-refractivity contribution >= 4 is 45.8 Å². The van der Waals surface area contributed by atoms with Gasteiger partial charge in [0.15, 0.2) is 0 Å². The molecule has 3 fully saturated rings. The van der Waals surface area contributed by atoms with Gasteiger partial charge in [0.1, 0.15) is 35.1 Å². The van der Waals surface area contributed by atoms with E-state index < -0.39 is 92.2 Å². The number of ether oxygens (including phenoxy) is 2. The van der Waals surface area contributed by atoms with Crippen molar-refractivity contribution in [3.8, 4) is 0 Å². The van der Waals surface area contributed by atoms with E-state index in [1.807, 2.05) is 0 Å². The van der Waals surface area contributed by atoms with Gasteiger partial charge in [0, 0.05) is 37.5 Å². The third-order valence-electron chi connectivity index (χ3n) is 10.4. The summed E-state index contributed by atoms with van der Waals surface area (Å²) in [7, 11) is -4.01. The predicted molar refractivity (Wildman–Crippen MR) is 193 cm³/mol. The molecule has 1 saturated heterocycles. The number of rotatable bonds is 6. The first-order valence-electron chi connectivity index (χ1n) is 18.4. The molecule has 3 heterocycles. The Hall–Kier alpha value is -5.00. The number of carbonyl (C=O) groups excluding carboxylic acids is 6. The SMILES string of the molecule is C=CC(=O)N1C/C=C\C2C[C@@]2(C(=O)NS(=O)(=O)C2CC2)NC(=O)[C@@H]2C[C@@H](OC(=O)N3Cc4cccc(F)c4C3)CN2C(=O)[C@@H](NC(=O)OC(C)(C)C)CCC1. The second kappa shape index (κ2) is 15.3. The Labute approximate surface area is 318 Å². The first kappa shape index (κ1) is 39.7. The van der Waals surface area contributed by atoms with Crippen molar-refractivity contribution in [2.75, 3.05) is 19.6 Å². The summed E-state index contributed by atoms with van der Waals surface area (Å²) in [5.41, 5.74) is -1.64. The van der Waals surface area contributed by atoms with Crippen molar-refractivity contribution in [3.05, 3.63) is 60.0 Å². The Morgan fingerprint density at radius 2 is 1.84 bits per heavy atom. The summed E-state index contributed by atoms with van der Waals surface area (Å²) in [6.45, 7) is 8.52. The predicted octanol–water partition coefficient (Wildman–Crippen LogP) is 1.99. The van der Waals surface area contributed by atoms with Crippen LogP contribution in [-0.2, 0) is 51.8 Å². The smallest absolute Gasteiger partial charge is 0.410 e. The van der Waals surface area contributed by atoms with Crippen LogP contribution in [0.25, 0.3) is 0 Å². The average molecular weight is 787 g/mol. The topological polar surface area (TPSA) is 201 Å². The van der Waals surface area contributed by atoms with Gasteiger partial charge in [-0.15, -0.1) is 0 Å². The van der Waals surface area contributed by atoms with Crippen LogP contribution < -0.4 is 15.4 Å². The van der Waals surface area contributed by atoms with E-state index >= 15 is 0 Å².